The summed E-state index contributed by atoms with van der Waals surface area (Å²) in [6, 6.07) is 16.3. The molecule has 132 valence electrons. The van der Waals surface area contributed by atoms with E-state index in [1.54, 1.807) is 25.1 Å². The van der Waals surface area contributed by atoms with E-state index in [2.05, 4.69) is 29.2 Å². The summed E-state index contributed by atoms with van der Waals surface area (Å²) in [6.45, 7) is 0.697. The van der Waals surface area contributed by atoms with Gasteiger partial charge in [0.2, 0.25) is 5.91 Å². The van der Waals surface area contributed by atoms with E-state index in [0.29, 0.717) is 12.3 Å². The number of carbonyl (C=O) groups is 1. The quantitative estimate of drug-likeness (QED) is 0.685. The Morgan fingerprint density at radius 1 is 1.15 bits per heavy atom. The highest BCUT2D eigenvalue weighted by Gasteiger charge is 2.33. The van der Waals surface area contributed by atoms with Gasteiger partial charge in [-0.25, -0.2) is 0 Å². The number of fused-ring (bicyclic) bond motifs is 1. The standard InChI is InChI=1S/C21H20N2O2S/c1-25-19-9-8-18(16-6-2-3-7-17(16)19)21-23(20(24)14-26-21)12-10-15-5-4-11-22-13-15/h2-9,11,13,21H,10,12,14H2,1H3. The predicted octanol–water partition coefficient (Wildman–Crippen LogP) is 4.06. The lowest BCUT2D eigenvalue weighted by Crippen LogP contribution is -2.30. The van der Waals surface area contributed by atoms with Gasteiger partial charge in [-0.15, -0.1) is 11.8 Å². The van der Waals surface area contributed by atoms with Crippen LogP contribution in [0.25, 0.3) is 10.8 Å². The fourth-order valence-corrected chi connectivity index (χ4v) is 4.69. The molecule has 1 unspecified atom stereocenters. The van der Waals surface area contributed by atoms with Crippen LogP contribution < -0.4 is 4.74 Å². The first-order chi connectivity index (χ1) is 12.8. The second-order valence-corrected chi connectivity index (χ2v) is 7.33. The summed E-state index contributed by atoms with van der Waals surface area (Å²) in [7, 11) is 1.69. The normalized spacial score (nSPS) is 17.0. The molecule has 1 saturated heterocycles. The molecule has 4 rings (SSSR count). The first kappa shape index (κ1) is 16.9. The second kappa shape index (κ2) is 7.38. The van der Waals surface area contributed by atoms with Crippen LogP contribution in [0.4, 0.5) is 0 Å². The Bertz CT molecular complexity index is 930. The highest BCUT2D eigenvalue weighted by molar-refractivity contribution is 8.00. The Kier molecular flexibility index (Phi) is 4.80. The number of ether oxygens (including phenoxy) is 1. The molecule has 0 radical (unpaired) electrons. The lowest BCUT2D eigenvalue weighted by Gasteiger charge is -2.25. The molecular formula is C21H20N2O2S. The van der Waals surface area contributed by atoms with E-state index in [1.807, 2.05) is 35.4 Å². The number of hydrogen-bond acceptors (Lipinski definition) is 4. The van der Waals surface area contributed by atoms with E-state index in [1.165, 1.54) is 5.56 Å². The minimum Gasteiger partial charge on any atom is -0.496 e. The number of thioether (sulfide) groups is 1. The SMILES string of the molecule is COc1ccc(C2SCC(=O)N2CCc2cccnc2)c2ccccc12. The van der Waals surface area contributed by atoms with Crippen LogP contribution in [-0.4, -0.2) is 35.2 Å². The first-order valence-corrected chi connectivity index (χ1v) is 9.68. The van der Waals surface area contributed by atoms with Crippen molar-refractivity contribution in [2.24, 2.45) is 0 Å². The van der Waals surface area contributed by atoms with Gasteiger partial charge in [-0.05, 0) is 35.1 Å². The van der Waals surface area contributed by atoms with Crippen molar-refractivity contribution in [3.63, 3.8) is 0 Å². The molecule has 1 fully saturated rings. The zero-order chi connectivity index (χ0) is 17.9. The van der Waals surface area contributed by atoms with Crippen molar-refractivity contribution in [1.82, 2.24) is 9.88 Å². The summed E-state index contributed by atoms with van der Waals surface area (Å²) in [6.07, 6.45) is 4.45. The van der Waals surface area contributed by atoms with Gasteiger partial charge < -0.3 is 9.64 Å². The molecule has 4 nitrogen and oxygen atoms in total. The maximum atomic E-state index is 12.5. The van der Waals surface area contributed by atoms with Crippen molar-refractivity contribution in [3.05, 3.63) is 72.1 Å². The summed E-state index contributed by atoms with van der Waals surface area (Å²) in [5.41, 5.74) is 2.32. The van der Waals surface area contributed by atoms with E-state index >= 15 is 0 Å². The molecule has 2 heterocycles. The average Bonchev–Trinajstić information content (AvgIpc) is 3.06. The van der Waals surface area contributed by atoms with Crippen LogP contribution in [0.1, 0.15) is 16.5 Å². The van der Waals surface area contributed by atoms with Crippen LogP contribution in [0.5, 0.6) is 5.75 Å². The van der Waals surface area contributed by atoms with Gasteiger partial charge in [0.1, 0.15) is 11.1 Å². The number of aromatic nitrogens is 1. The zero-order valence-corrected chi connectivity index (χ0v) is 15.4. The molecule has 5 heteroatoms. The third kappa shape index (κ3) is 3.15. The maximum Gasteiger partial charge on any atom is 0.233 e. The number of amides is 1. The lowest BCUT2D eigenvalue weighted by molar-refractivity contribution is -0.128. The molecule has 0 bridgehead atoms. The van der Waals surface area contributed by atoms with Gasteiger partial charge in [0.25, 0.3) is 0 Å². The molecule has 1 atom stereocenters. The molecule has 0 saturated carbocycles. The molecule has 1 amide bonds. The molecule has 1 aliphatic rings. The van der Waals surface area contributed by atoms with Crippen LogP contribution in [0.3, 0.4) is 0 Å². The molecule has 26 heavy (non-hydrogen) atoms. The summed E-state index contributed by atoms with van der Waals surface area (Å²) in [4.78, 5) is 18.7. The van der Waals surface area contributed by atoms with Crippen LogP contribution in [0, 0.1) is 0 Å². The van der Waals surface area contributed by atoms with E-state index < -0.39 is 0 Å². The molecule has 3 aromatic rings. The fourth-order valence-electron chi connectivity index (χ4n) is 3.44. The number of pyridine rings is 1. The van der Waals surface area contributed by atoms with Gasteiger partial charge >= 0.3 is 0 Å². The minimum atomic E-state index is 0.0370. The molecule has 1 aliphatic heterocycles. The van der Waals surface area contributed by atoms with Crippen LogP contribution in [-0.2, 0) is 11.2 Å². The predicted molar refractivity (Wildman–Crippen MR) is 105 cm³/mol. The Balaban J connectivity index is 1.66. The van der Waals surface area contributed by atoms with Gasteiger partial charge in [0.05, 0.1) is 12.9 Å². The third-order valence-corrected chi connectivity index (χ3v) is 5.97. The molecule has 0 N–H and O–H groups in total. The fraction of sp³-hybridized carbons (Fsp3) is 0.238. The van der Waals surface area contributed by atoms with Crippen LogP contribution in [0.2, 0.25) is 0 Å². The Hall–Kier alpha value is -2.53. The van der Waals surface area contributed by atoms with Gasteiger partial charge in [0, 0.05) is 24.3 Å². The monoisotopic (exact) mass is 364 g/mol. The number of methoxy groups -OCH3 is 1. The Morgan fingerprint density at radius 2 is 2.00 bits per heavy atom. The van der Waals surface area contributed by atoms with E-state index in [4.69, 9.17) is 4.74 Å². The van der Waals surface area contributed by atoms with E-state index in [9.17, 15) is 4.79 Å². The van der Waals surface area contributed by atoms with Gasteiger partial charge in [-0.2, -0.15) is 0 Å². The van der Waals surface area contributed by atoms with Crippen molar-refractivity contribution >= 4 is 28.4 Å². The molecule has 0 aliphatic carbocycles. The zero-order valence-electron chi connectivity index (χ0n) is 14.6. The largest absolute Gasteiger partial charge is 0.496 e. The number of hydrogen-bond donors (Lipinski definition) is 0. The van der Waals surface area contributed by atoms with Crippen LogP contribution >= 0.6 is 11.8 Å². The smallest absolute Gasteiger partial charge is 0.233 e. The van der Waals surface area contributed by atoms with E-state index in [0.717, 1.165) is 28.5 Å². The summed E-state index contributed by atoms with van der Waals surface area (Å²) < 4.78 is 5.50. The Labute approximate surface area is 157 Å². The summed E-state index contributed by atoms with van der Waals surface area (Å²) in [5, 5.41) is 2.26. The maximum absolute atomic E-state index is 12.5. The minimum absolute atomic E-state index is 0.0370. The number of carbonyl (C=O) groups excluding carboxylic acids is 1. The molecule has 2 aromatic carbocycles. The number of benzene rings is 2. The van der Waals surface area contributed by atoms with Crippen molar-refractivity contribution in [1.29, 1.82) is 0 Å². The molecule has 0 spiro atoms. The van der Waals surface area contributed by atoms with Gasteiger partial charge in [-0.3, -0.25) is 9.78 Å². The second-order valence-electron chi connectivity index (χ2n) is 6.26. The number of nitrogens with zero attached hydrogens (tertiary/aromatic N) is 2. The highest BCUT2D eigenvalue weighted by atomic mass is 32.2. The average molecular weight is 364 g/mol. The van der Waals surface area contributed by atoms with Crippen molar-refractivity contribution in [2.45, 2.75) is 11.8 Å². The van der Waals surface area contributed by atoms with Crippen molar-refractivity contribution in [2.75, 3.05) is 19.4 Å². The van der Waals surface area contributed by atoms with Gasteiger partial charge in [0.15, 0.2) is 0 Å². The van der Waals surface area contributed by atoms with Crippen molar-refractivity contribution in [3.8, 4) is 5.75 Å². The van der Waals surface area contributed by atoms with E-state index in [-0.39, 0.29) is 11.3 Å². The summed E-state index contributed by atoms with van der Waals surface area (Å²) in [5.74, 6) is 1.59. The lowest BCUT2D eigenvalue weighted by atomic mass is 10.0. The molecule has 1 aromatic heterocycles. The third-order valence-electron chi connectivity index (χ3n) is 4.74. The first-order valence-electron chi connectivity index (χ1n) is 8.63. The topological polar surface area (TPSA) is 42.4 Å². The number of rotatable bonds is 5. The van der Waals surface area contributed by atoms with Crippen LogP contribution in [0.15, 0.2) is 60.9 Å². The highest BCUT2D eigenvalue weighted by Crippen LogP contribution is 2.43. The van der Waals surface area contributed by atoms with Crippen molar-refractivity contribution < 1.29 is 9.53 Å². The summed E-state index contributed by atoms with van der Waals surface area (Å²) >= 11 is 1.70. The van der Waals surface area contributed by atoms with Gasteiger partial charge in [-0.1, -0.05) is 36.4 Å². The Morgan fingerprint density at radius 3 is 2.77 bits per heavy atom. The molecular weight excluding hydrogens is 344 g/mol.